The molecule has 3 heterocycles. The molecule has 0 aromatic heterocycles. The minimum Gasteiger partial charge on any atom is -0.454 e. The summed E-state index contributed by atoms with van der Waals surface area (Å²) in [7, 11) is 0. The summed E-state index contributed by atoms with van der Waals surface area (Å²) in [6.45, 7) is 8.69. The zero-order chi connectivity index (χ0) is 20.3. The monoisotopic (exact) mass is 410 g/mol. The lowest BCUT2D eigenvalue weighted by atomic mass is 9.61. The Balaban J connectivity index is 1.32. The summed E-state index contributed by atoms with van der Waals surface area (Å²) in [6.07, 6.45) is 2.76. The maximum Gasteiger partial charge on any atom is 0.338 e. The zero-order valence-corrected chi connectivity index (χ0v) is 17.9. The second kappa shape index (κ2) is 7.45. The highest BCUT2D eigenvalue weighted by Crippen LogP contribution is 2.58. The highest BCUT2D eigenvalue weighted by atomic mass is 16.9. The lowest BCUT2D eigenvalue weighted by molar-refractivity contribution is -0.305. The van der Waals surface area contributed by atoms with Gasteiger partial charge in [0.15, 0.2) is 36.7 Å². The van der Waals surface area contributed by atoms with Crippen LogP contribution in [0.15, 0.2) is 0 Å². The van der Waals surface area contributed by atoms with Crippen LogP contribution in [-0.4, -0.2) is 55.4 Å². The molecule has 3 saturated heterocycles. The summed E-state index contributed by atoms with van der Waals surface area (Å²) in [6, 6.07) is 0. The van der Waals surface area contributed by atoms with E-state index in [-0.39, 0.29) is 6.10 Å². The number of rotatable bonds is 5. The molecule has 0 aromatic rings. The fourth-order valence-electron chi connectivity index (χ4n) is 6.53. The van der Waals surface area contributed by atoms with Gasteiger partial charge in [0.05, 0.1) is 0 Å². The van der Waals surface area contributed by atoms with E-state index in [4.69, 9.17) is 28.4 Å². The first-order valence-corrected chi connectivity index (χ1v) is 11.4. The molecule has 0 aromatic carbocycles. The first-order valence-electron chi connectivity index (χ1n) is 11.4. The van der Waals surface area contributed by atoms with Crippen LogP contribution in [-0.2, 0) is 33.2 Å². The Morgan fingerprint density at radius 3 is 2.69 bits per heavy atom. The SMILES string of the molecule is CCOC(C)OC1C(=O)OC2C3OC4(OC3OC12)C(C)CC1CC(CC)CC4C1. The topological polar surface area (TPSA) is 72.5 Å². The second-order valence-electron chi connectivity index (χ2n) is 9.55. The Morgan fingerprint density at radius 1 is 1.10 bits per heavy atom. The van der Waals surface area contributed by atoms with Gasteiger partial charge < -0.3 is 28.4 Å². The fraction of sp³-hybridized carbons (Fsp3) is 0.955. The van der Waals surface area contributed by atoms with E-state index in [1.165, 1.54) is 12.8 Å². The predicted octanol–water partition coefficient (Wildman–Crippen LogP) is 3.00. The van der Waals surface area contributed by atoms with Crippen LogP contribution in [0, 0.1) is 23.7 Å². The van der Waals surface area contributed by atoms with Crippen LogP contribution in [0.25, 0.3) is 0 Å². The van der Waals surface area contributed by atoms with E-state index in [1.54, 1.807) is 6.92 Å². The Labute approximate surface area is 172 Å². The van der Waals surface area contributed by atoms with Gasteiger partial charge in [0.1, 0.15) is 6.10 Å². The molecule has 7 nitrogen and oxygen atoms in total. The van der Waals surface area contributed by atoms with Gasteiger partial charge in [-0.05, 0) is 51.4 Å². The lowest BCUT2D eigenvalue weighted by Gasteiger charge is -2.52. The molecule has 3 aliphatic heterocycles. The van der Waals surface area contributed by atoms with E-state index in [2.05, 4.69) is 13.8 Å². The molecule has 11 atom stereocenters. The van der Waals surface area contributed by atoms with Crippen LogP contribution in [0.5, 0.6) is 0 Å². The Hall–Kier alpha value is -0.730. The van der Waals surface area contributed by atoms with E-state index in [1.807, 2.05) is 6.92 Å². The number of fused-ring (bicyclic) bond motifs is 6. The first-order chi connectivity index (χ1) is 13.9. The molecule has 2 bridgehead atoms. The van der Waals surface area contributed by atoms with Crippen molar-refractivity contribution in [1.82, 2.24) is 0 Å². The van der Waals surface area contributed by atoms with E-state index in [9.17, 15) is 4.79 Å². The minimum absolute atomic E-state index is 0.304. The lowest BCUT2D eigenvalue weighted by Crippen LogP contribution is -2.54. The normalized spacial score (nSPS) is 51.7. The maximum atomic E-state index is 12.4. The van der Waals surface area contributed by atoms with Crippen molar-refractivity contribution in [2.75, 3.05) is 6.61 Å². The molecule has 164 valence electrons. The smallest absolute Gasteiger partial charge is 0.338 e. The Kier molecular flexibility index (Phi) is 5.18. The molecule has 5 fully saturated rings. The largest absolute Gasteiger partial charge is 0.454 e. The van der Waals surface area contributed by atoms with Gasteiger partial charge in [-0.1, -0.05) is 20.3 Å². The van der Waals surface area contributed by atoms with Gasteiger partial charge in [0.2, 0.25) is 0 Å². The number of esters is 1. The van der Waals surface area contributed by atoms with Gasteiger partial charge >= 0.3 is 5.97 Å². The zero-order valence-electron chi connectivity index (χ0n) is 17.9. The number of hydrogen-bond donors (Lipinski definition) is 0. The molecule has 2 aliphatic carbocycles. The molecule has 0 N–H and O–H groups in total. The minimum atomic E-state index is -0.803. The van der Waals surface area contributed by atoms with Gasteiger partial charge in [-0.25, -0.2) is 4.79 Å². The summed E-state index contributed by atoms with van der Waals surface area (Å²) in [5.74, 6) is 1.17. The van der Waals surface area contributed by atoms with Crippen molar-refractivity contribution < 1.29 is 33.2 Å². The predicted molar refractivity (Wildman–Crippen MR) is 102 cm³/mol. The highest BCUT2D eigenvalue weighted by Gasteiger charge is 2.68. The Bertz CT molecular complexity index is 639. The maximum absolute atomic E-state index is 12.4. The van der Waals surface area contributed by atoms with Crippen LogP contribution >= 0.6 is 0 Å². The first kappa shape index (κ1) is 20.2. The van der Waals surface area contributed by atoms with Gasteiger partial charge in [-0.3, -0.25) is 0 Å². The van der Waals surface area contributed by atoms with Crippen molar-refractivity contribution >= 4 is 5.97 Å². The van der Waals surface area contributed by atoms with E-state index < -0.39 is 42.6 Å². The van der Waals surface area contributed by atoms with Gasteiger partial charge in [-0.15, -0.1) is 0 Å². The summed E-state index contributed by atoms with van der Waals surface area (Å²) < 4.78 is 36.2. The molecular formula is C22H34O7. The molecule has 7 heteroatoms. The molecule has 0 radical (unpaired) electrons. The van der Waals surface area contributed by atoms with E-state index >= 15 is 0 Å². The number of hydrogen-bond acceptors (Lipinski definition) is 7. The number of carbonyl (C=O) groups excluding carboxylic acids is 1. The fourth-order valence-corrected chi connectivity index (χ4v) is 6.53. The molecule has 2 saturated carbocycles. The summed E-state index contributed by atoms with van der Waals surface area (Å²) in [5, 5.41) is 0. The third-order valence-electron chi connectivity index (χ3n) is 7.77. The summed E-state index contributed by atoms with van der Waals surface area (Å²) in [4.78, 5) is 12.4. The highest BCUT2D eigenvalue weighted by molar-refractivity contribution is 5.78. The van der Waals surface area contributed by atoms with Gasteiger partial charge in [0.25, 0.3) is 0 Å². The number of carbonyl (C=O) groups is 1. The molecule has 5 rings (SSSR count). The van der Waals surface area contributed by atoms with E-state index in [0.29, 0.717) is 18.4 Å². The molecule has 11 unspecified atom stereocenters. The summed E-state index contributed by atoms with van der Waals surface area (Å²) in [5.41, 5.74) is 0. The standard InChI is InChI=1S/C22H34O7/c1-5-13-8-14-7-11(3)22(15(9-13)10-14)28-19-17-16(27-21(19)29-22)18(20(23)26-17)25-12(4)24-6-2/h11-19,21H,5-10H2,1-4H3. The van der Waals surface area contributed by atoms with Gasteiger partial charge in [-0.2, -0.15) is 0 Å². The van der Waals surface area contributed by atoms with Crippen LogP contribution in [0.4, 0.5) is 0 Å². The molecule has 5 aliphatic rings. The quantitative estimate of drug-likeness (QED) is 0.510. The van der Waals surface area contributed by atoms with Crippen molar-refractivity contribution in [2.45, 2.75) is 103 Å². The number of ether oxygens (including phenoxy) is 6. The molecule has 1 spiro atoms. The van der Waals surface area contributed by atoms with Crippen molar-refractivity contribution in [3.05, 3.63) is 0 Å². The van der Waals surface area contributed by atoms with Crippen LogP contribution in [0.1, 0.15) is 59.8 Å². The van der Waals surface area contributed by atoms with Crippen LogP contribution in [0.2, 0.25) is 0 Å². The van der Waals surface area contributed by atoms with E-state index in [0.717, 1.165) is 31.1 Å². The molecule has 0 amide bonds. The second-order valence-corrected chi connectivity index (χ2v) is 9.55. The van der Waals surface area contributed by atoms with Crippen molar-refractivity contribution in [3.8, 4) is 0 Å². The average Bonchev–Trinajstić information content (AvgIpc) is 3.30. The third-order valence-corrected chi connectivity index (χ3v) is 7.77. The van der Waals surface area contributed by atoms with Gasteiger partial charge in [0, 0.05) is 18.4 Å². The summed E-state index contributed by atoms with van der Waals surface area (Å²) >= 11 is 0. The van der Waals surface area contributed by atoms with Crippen LogP contribution in [0.3, 0.4) is 0 Å². The average molecular weight is 411 g/mol. The van der Waals surface area contributed by atoms with Crippen LogP contribution < -0.4 is 0 Å². The van der Waals surface area contributed by atoms with Crippen molar-refractivity contribution in [1.29, 1.82) is 0 Å². The third kappa shape index (κ3) is 3.16. The van der Waals surface area contributed by atoms with Crippen molar-refractivity contribution in [2.24, 2.45) is 23.7 Å². The Morgan fingerprint density at radius 2 is 1.93 bits per heavy atom. The molecular weight excluding hydrogens is 376 g/mol. The van der Waals surface area contributed by atoms with Crippen molar-refractivity contribution in [3.63, 3.8) is 0 Å². The molecule has 29 heavy (non-hydrogen) atoms.